The number of furan rings is 1. The van der Waals surface area contributed by atoms with Crippen molar-refractivity contribution in [3.8, 4) is 27.9 Å². The number of nitrogen functional groups attached to an aromatic ring is 1. The van der Waals surface area contributed by atoms with Crippen molar-refractivity contribution in [1.29, 1.82) is 0 Å². The van der Waals surface area contributed by atoms with Gasteiger partial charge < -0.3 is 14.7 Å². The van der Waals surface area contributed by atoms with Crippen molar-refractivity contribution in [1.82, 2.24) is 4.57 Å². The number of para-hydroxylation sites is 1. The van der Waals surface area contributed by atoms with Crippen molar-refractivity contribution in [3.05, 3.63) is 125 Å². The highest BCUT2D eigenvalue weighted by molar-refractivity contribution is 6.20. The number of anilines is 1. The van der Waals surface area contributed by atoms with Gasteiger partial charge in [-0.05, 0) is 107 Å². The molecule has 5 aromatic carbocycles. The SMILES string of the molecule is CCc1ccc2c(c1)-c1cc(-c3cc(N)ccc3-n3c4ccccc4c4ccc5oc6c(c5c43)C=CCC6)ccc1C1CC21. The lowest BCUT2D eigenvalue weighted by molar-refractivity contribution is 0.546. The third-order valence-electron chi connectivity index (χ3n) is 10.5. The van der Waals surface area contributed by atoms with E-state index in [1.54, 1.807) is 0 Å². The van der Waals surface area contributed by atoms with Gasteiger partial charge in [-0.15, -0.1) is 0 Å². The molecular weight excluding hydrogens is 536 g/mol. The van der Waals surface area contributed by atoms with Gasteiger partial charge in [0, 0.05) is 34.0 Å². The molecule has 3 aliphatic rings. The fraction of sp³-hybridized carbons (Fsp3) is 0.171. The van der Waals surface area contributed by atoms with Crippen LogP contribution in [0.1, 0.15) is 59.6 Å². The van der Waals surface area contributed by atoms with E-state index in [4.69, 9.17) is 10.2 Å². The summed E-state index contributed by atoms with van der Waals surface area (Å²) < 4.78 is 8.92. The van der Waals surface area contributed by atoms with Gasteiger partial charge in [0.1, 0.15) is 11.3 Å². The molecule has 2 N–H and O–H groups in total. The monoisotopic (exact) mass is 568 g/mol. The van der Waals surface area contributed by atoms with Gasteiger partial charge in [-0.25, -0.2) is 0 Å². The van der Waals surface area contributed by atoms with Crippen LogP contribution in [0.25, 0.3) is 66.8 Å². The molecule has 1 saturated carbocycles. The number of benzene rings is 5. The Bertz CT molecular complexity index is 2380. The number of hydrogen-bond acceptors (Lipinski definition) is 2. The Hall–Kier alpha value is -5.02. The smallest absolute Gasteiger partial charge is 0.137 e. The zero-order valence-corrected chi connectivity index (χ0v) is 24.7. The second-order valence-electron chi connectivity index (χ2n) is 12.9. The van der Waals surface area contributed by atoms with E-state index in [9.17, 15) is 0 Å². The molecule has 3 heteroatoms. The largest absolute Gasteiger partial charge is 0.460 e. The summed E-state index contributed by atoms with van der Waals surface area (Å²) in [4.78, 5) is 0. The maximum atomic E-state index is 6.56. The molecule has 0 radical (unpaired) electrons. The summed E-state index contributed by atoms with van der Waals surface area (Å²) in [6.07, 6.45) is 8.79. The van der Waals surface area contributed by atoms with E-state index in [-0.39, 0.29) is 0 Å². The van der Waals surface area contributed by atoms with Crippen molar-refractivity contribution in [2.45, 2.75) is 44.4 Å². The third-order valence-corrected chi connectivity index (χ3v) is 10.5. The van der Waals surface area contributed by atoms with Gasteiger partial charge in [0.25, 0.3) is 0 Å². The Morgan fingerprint density at radius 2 is 1.66 bits per heavy atom. The van der Waals surface area contributed by atoms with E-state index in [1.807, 2.05) is 6.07 Å². The second-order valence-corrected chi connectivity index (χ2v) is 12.9. The Labute approximate surface area is 256 Å². The third kappa shape index (κ3) is 3.27. The summed E-state index contributed by atoms with van der Waals surface area (Å²) in [6.45, 7) is 2.25. The summed E-state index contributed by atoms with van der Waals surface area (Å²) in [7, 11) is 0. The van der Waals surface area contributed by atoms with Crippen LogP contribution in [0.15, 0.2) is 101 Å². The van der Waals surface area contributed by atoms with Crippen LogP contribution < -0.4 is 5.73 Å². The lowest BCUT2D eigenvalue weighted by Gasteiger charge is -2.22. The highest BCUT2D eigenvalue weighted by atomic mass is 16.3. The molecule has 7 aromatic rings. The molecule has 10 rings (SSSR count). The average molecular weight is 569 g/mol. The van der Waals surface area contributed by atoms with Crippen LogP contribution in [0.4, 0.5) is 5.69 Å². The first kappa shape index (κ1) is 24.4. The second kappa shape index (κ2) is 8.76. The van der Waals surface area contributed by atoms with Crippen molar-refractivity contribution in [3.63, 3.8) is 0 Å². The van der Waals surface area contributed by atoms with Crippen LogP contribution in [0, 0.1) is 0 Å². The van der Waals surface area contributed by atoms with Crippen molar-refractivity contribution in [2.24, 2.45) is 0 Å². The predicted octanol–water partition coefficient (Wildman–Crippen LogP) is 10.6. The van der Waals surface area contributed by atoms with Gasteiger partial charge >= 0.3 is 0 Å². The van der Waals surface area contributed by atoms with Crippen LogP contribution >= 0.6 is 0 Å². The van der Waals surface area contributed by atoms with E-state index in [1.165, 1.54) is 72.6 Å². The standard InChI is InChI=1S/C41H32N2O/c1-2-23-11-14-26-32(19-23)33-20-24(12-15-27(33)35-22-34(26)35)31-21-25(42)13-17-37(31)43-36-9-5-3-7-28(36)29-16-18-39-40(41(29)43)30-8-4-6-10-38(30)44-39/h3-5,7-9,11-21,34-35H,2,6,10,22,42H2,1H3. The van der Waals surface area contributed by atoms with Gasteiger partial charge in [-0.3, -0.25) is 0 Å². The van der Waals surface area contributed by atoms with Crippen LogP contribution in [-0.4, -0.2) is 4.57 Å². The number of aryl methyl sites for hydroxylation is 2. The minimum Gasteiger partial charge on any atom is -0.460 e. The van der Waals surface area contributed by atoms with E-state index < -0.39 is 0 Å². The van der Waals surface area contributed by atoms with E-state index in [0.29, 0.717) is 11.8 Å². The first-order valence-corrected chi connectivity index (χ1v) is 16.0. The number of nitrogens with zero attached hydrogens (tertiary/aromatic N) is 1. The molecule has 44 heavy (non-hydrogen) atoms. The number of fused-ring (bicyclic) bond motifs is 13. The maximum absolute atomic E-state index is 6.56. The molecule has 2 aromatic heterocycles. The van der Waals surface area contributed by atoms with Crippen LogP contribution in [0.2, 0.25) is 0 Å². The fourth-order valence-electron chi connectivity index (χ4n) is 8.26. The molecule has 2 atom stereocenters. The quantitative estimate of drug-likeness (QED) is 0.216. The van der Waals surface area contributed by atoms with Gasteiger partial charge in [-0.2, -0.15) is 0 Å². The molecule has 0 amide bonds. The first-order chi connectivity index (χ1) is 21.7. The summed E-state index contributed by atoms with van der Waals surface area (Å²) in [6, 6.07) is 33.9. The summed E-state index contributed by atoms with van der Waals surface area (Å²) in [5.41, 5.74) is 22.6. The number of aromatic nitrogens is 1. The normalized spacial score (nSPS) is 17.9. The van der Waals surface area contributed by atoms with Gasteiger partial charge in [0.05, 0.1) is 22.1 Å². The van der Waals surface area contributed by atoms with Gasteiger partial charge in [0.2, 0.25) is 0 Å². The van der Waals surface area contributed by atoms with Crippen molar-refractivity contribution < 1.29 is 4.42 Å². The van der Waals surface area contributed by atoms with Crippen molar-refractivity contribution in [2.75, 3.05) is 5.73 Å². The number of allylic oxidation sites excluding steroid dienone is 1. The molecule has 0 bridgehead atoms. The van der Waals surface area contributed by atoms with Crippen LogP contribution in [0.3, 0.4) is 0 Å². The van der Waals surface area contributed by atoms with Gasteiger partial charge in [0.15, 0.2) is 0 Å². The van der Waals surface area contributed by atoms with Crippen LogP contribution in [-0.2, 0) is 12.8 Å². The minimum absolute atomic E-state index is 0.644. The van der Waals surface area contributed by atoms with E-state index in [0.717, 1.165) is 47.5 Å². The number of rotatable bonds is 3. The molecule has 0 aliphatic heterocycles. The Kier molecular flexibility index (Phi) is 4.87. The number of nitrogens with two attached hydrogens (primary N) is 1. The molecule has 3 nitrogen and oxygen atoms in total. The van der Waals surface area contributed by atoms with E-state index >= 15 is 0 Å². The molecule has 1 fully saturated rings. The molecule has 2 heterocycles. The first-order valence-electron chi connectivity index (χ1n) is 16.0. The Morgan fingerprint density at radius 1 is 0.818 bits per heavy atom. The Morgan fingerprint density at radius 3 is 2.55 bits per heavy atom. The average Bonchev–Trinajstić information content (AvgIpc) is 3.69. The molecule has 0 spiro atoms. The van der Waals surface area contributed by atoms with E-state index in [2.05, 4.69) is 109 Å². The lowest BCUT2D eigenvalue weighted by atomic mass is 9.83. The maximum Gasteiger partial charge on any atom is 0.137 e. The van der Waals surface area contributed by atoms with Crippen LogP contribution in [0.5, 0.6) is 0 Å². The predicted molar refractivity (Wildman–Crippen MR) is 183 cm³/mol. The zero-order valence-electron chi connectivity index (χ0n) is 24.7. The highest BCUT2D eigenvalue weighted by Gasteiger charge is 2.45. The topological polar surface area (TPSA) is 44.1 Å². The molecule has 212 valence electrons. The Balaban J connectivity index is 1.28. The molecule has 3 aliphatic carbocycles. The van der Waals surface area contributed by atoms with Gasteiger partial charge in [-0.1, -0.05) is 67.6 Å². The number of hydrogen-bond donors (Lipinski definition) is 1. The molecule has 0 saturated heterocycles. The summed E-state index contributed by atoms with van der Waals surface area (Å²) in [5.74, 6) is 2.40. The van der Waals surface area contributed by atoms with Crippen molar-refractivity contribution >= 4 is 44.5 Å². The molecule has 2 unspecified atom stereocenters. The molecular formula is C41H32N2O. The zero-order chi connectivity index (χ0) is 29.1. The summed E-state index contributed by atoms with van der Waals surface area (Å²) >= 11 is 0. The summed E-state index contributed by atoms with van der Waals surface area (Å²) in [5, 5.41) is 3.68. The fourth-order valence-corrected chi connectivity index (χ4v) is 8.26. The lowest BCUT2D eigenvalue weighted by Crippen LogP contribution is -2.02. The highest BCUT2D eigenvalue weighted by Crippen LogP contribution is 2.62. The minimum atomic E-state index is 0.644.